The molecule has 0 saturated carbocycles. The zero-order valence-electron chi connectivity index (χ0n) is 20.7. The molecule has 0 spiro atoms. The minimum Gasteiger partial charge on any atom is -0.488 e. The van der Waals surface area contributed by atoms with Crippen LogP contribution in [0.3, 0.4) is 0 Å². The first kappa shape index (κ1) is 25.7. The van der Waals surface area contributed by atoms with E-state index in [-0.39, 0.29) is 17.0 Å². The Kier molecular flexibility index (Phi) is 7.67. The molecule has 3 atom stereocenters. The summed E-state index contributed by atoms with van der Waals surface area (Å²) in [5, 5.41) is 13.2. The van der Waals surface area contributed by atoms with E-state index in [1.165, 1.54) is 12.3 Å². The summed E-state index contributed by atoms with van der Waals surface area (Å²) in [5.41, 5.74) is 3.55. The van der Waals surface area contributed by atoms with Crippen molar-refractivity contribution in [2.75, 3.05) is 26.5 Å². The van der Waals surface area contributed by atoms with E-state index in [1.807, 2.05) is 37.3 Å². The van der Waals surface area contributed by atoms with E-state index in [2.05, 4.69) is 15.3 Å². The van der Waals surface area contributed by atoms with Crippen LogP contribution in [0.1, 0.15) is 19.5 Å². The fourth-order valence-electron chi connectivity index (χ4n) is 3.91. The van der Waals surface area contributed by atoms with Crippen LogP contribution >= 0.6 is 0 Å². The first-order valence-electron chi connectivity index (χ1n) is 11.6. The summed E-state index contributed by atoms with van der Waals surface area (Å²) in [6.45, 7) is 4.81. The maximum atomic E-state index is 11.7. The Hall–Kier alpha value is -3.34. The molecule has 10 heteroatoms. The summed E-state index contributed by atoms with van der Waals surface area (Å²) in [4.78, 5) is 7.41. The molecule has 0 aliphatic carbocycles. The Morgan fingerprint density at radius 1 is 1.08 bits per heavy atom. The van der Waals surface area contributed by atoms with Crippen molar-refractivity contribution < 1.29 is 27.7 Å². The van der Waals surface area contributed by atoms with Crippen LogP contribution in [0.2, 0.25) is 0 Å². The second kappa shape index (κ2) is 10.7. The van der Waals surface area contributed by atoms with Crippen LogP contribution in [-0.2, 0) is 14.6 Å². The molecule has 2 aromatic heterocycles. The van der Waals surface area contributed by atoms with Gasteiger partial charge in [-0.05, 0) is 50.2 Å². The molecular weight excluding hydrogens is 482 g/mol. The van der Waals surface area contributed by atoms with E-state index < -0.39 is 15.9 Å². The molecule has 0 unspecified atom stereocenters. The van der Waals surface area contributed by atoms with Crippen molar-refractivity contribution in [3.8, 4) is 28.5 Å². The van der Waals surface area contributed by atoms with Crippen molar-refractivity contribution in [3.05, 3.63) is 60.4 Å². The third-order valence-corrected chi connectivity index (χ3v) is 6.76. The van der Waals surface area contributed by atoms with E-state index in [9.17, 15) is 13.5 Å². The Bertz CT molecular complexity index is 1330. The van der Waals surface area contributed by atoms with Gasteiger partial charge in [-0.2, -0.15) is 0 Å². The molecule has 0 bridgehead atoms. The van der Waals surface area contributed by atoms with Crippen molar-refractivity contribution in [1.82, 2.24) is 15.3 Å². The van der Waals surface area contributed by atoms with Gasteiger partial charge in [-0.15, -0.1) is 0 Å². The van der Waals surface area contributed by atoms with E-state index in [0.717, 1.165) is 28.9 Å². The highest BCUT2D eigenvalue weighted by molar-refractivity contribution is 7.90. The number of aliphatic hydroxyl groups excluding tert-OH is 1. The first-order chi connectivity index (χ1) is 17.1. The maximum absolute atomic E-state index is 11.7. The van der Waals surface area contributed by atoms with Crippen LogP contribution in [0, 0.1) is 5.92 Å². The van der Waals surface area contributed by atoms with Gasteiger partial charge in [-0.3, -0.25) is 0 Å². The fourth-order valence-corrected chi connectivity index (χ4v) is 4.47. The molecule has 3 heterocycles. The van der Waals surface area contributed by atoms with E-state index in [1.54, 1.807) is 26.2 Å². The zero-order valence-corrected chi connectivity index (χ0v) is 21.5. The Morgan fingerprint density at radius 3 is 2.47 bits per heavy atom. The highest BCUT2D eigenvalue weighted by atomic mass is 32.2. The lowest BCUT2D eigenvalue weighted by molar-refractivity contribution is 0.0920. The summed E-state index contributed by atoms with van der Waals surface area (Å²) in [6, 6.07) is 12.5. The van der Waals surface area contributed by atoms with E-state index in [4.69, 9.17) is 14.2 Å². The van der Waals surface area contributed by atoms with E-state index >= 15 is 0 Å². The average Bonchev–Trinajstić information content (AvgIpc) is 3.49. The maximum Gasteiger partial charge on any atom is 0.192 e. The number of aliphatic hydroxyl groups is 1. The number of pyridine rings is 1. The van der Waals surface area contributed by atoms with Crippen LogP contribution in [0.4, 0.5) is 0 Å². The molecule has 1 aliphatic heterocycles. The van der Waals surface area contributed by atoms with Crippen LogP contribution in [0.15, 0.2) is 59.8 Å². The van der Waals surface area contributed by atoms with Gasteiger partial charge in [0.15, 0.2) is 14.9 Å². The third-order valence-electron chi connectivity index (χ3n) is 5.76. The molecule has 0 saturated heterocycles. The van der Waals surface area contributed by atoms with Gasteiger partial charge in [0, 0.05) is 43.2 Å². The number of aromatic nitrogens is 2. The number of ether oxygens (including phenoxy) is 3. The highest BCUT2D eigenvalue weighted by Gasteiger charge is 2.21. The van der Waals surface area contributed by atoms with Gasteiger partial charge in [0.05, 0.1) is 30.3 Å². The summed E-state index contributed by atoms with van der Waals surface area (Å²) in [7, 11) is -1.78. The molecule has 3 N–H and O–H groups in total. The predicted molar refractivity (Wildman–Crippen MR) is 137 cm³/mol. The van der Waals surface area contributed by atoms with Gasteiger partial charge in [0.1, 0.15) is 23.4 Å². The number of hydrogen-bond donors (Lipinski definition) is 3. The van der Waals surface area contributed by atoms with E-state index in [0.29, 0.717) is 30.4 Å². The topological polar surface area (TPSA) is 123 Å². The largest absolute Gasteiger partial charge is 0.488 e. The molecule has 3 aromatic rings. The van der Waals surface area contributed by atoms with Gasteiger partial charge in [0.2, 0.25) is 0 Å². The number of sulfone groups is 1. The fraction of sp³-hybridized carbons (Fsp3) is 0.346. The monoisotopic (exact) mass is 513 g/mol. The van der Waals surface area contributed by atoms with Crippen LogP contribution in [0.25, 0.3) is 17.0 Å². The van der Waals surface area contributed by atoms with Crippen LogP contribution in [0.5, 0.6) is 17.2 Å². The van der Waals surface area contributed by atoms with Gasteiger partial charge in [-0.1, -0.05) is 6.08 Å². The molecule has 1 aliphatic rings. The lowest BCUT2D eigenvalue weighted by Gasteiger charge is -2.16. The van der Waals surface area contributed by atoms with Gasteiger partial charge in [-0.25, -0.2) is 13.4 Å². The molecule has 36 heavy (non-hydrogen) atoms. The lowest BCUT2D eigenvalue weighted by atomic mass is 10.1. The SMILES string of the molecule is COC[C@H](C)Oc1cc(Oc2ccc(S(C)(=O)=O)nc2)cc(-c2ccc(C3=C[C@H]([C@H](C)O)CN3)[nH]2)c1. The van der Waals surface area contributed by atoms with Gasteiger partial charge in [0.25, 0.3) is 0 Å². The molecular formula is C26H31N3O6S. The van der Waals surface area contributed by atoms with Gasteiger partial charge >= 0.3 is 0 Å². The number of aromatic amines is 1. The first-order valence-corrected chi connectivity index (χ1v) is 13.5. The summed E-state index contributed by atoms with van der Waals surface area (Å²) >= 11 is 0. The number of rotatable bonds is 10. The highest BCUT2D eigenvalue weighted by Crippen LogP contribution is 2.34. The molecule has 9 nitrogen and oxygen atoms in total. The molecule has 0 amide bonds. The number of H-pyrrole nitrogens is 1. The number of benzene rings is 1. The molecule has 192 valence electrons. The molecule has 0 radical (unpaired) electrons. The average molecular weight is 514 g/mol. The quantitative estimate of drug-likeness (QED) is 0.376. The molecule has 4 rings (SSSR count). The Balaban J connectivity index is 1.63. The summed E-state index contributed by atoms with van der Waals surface area (Å²) in [6.07, 6.45) is 3.91. The number of nitrogens with one attached hydrogen (secondary N) is 2. The van der Waals surface area contributed by atoms with Crippen molar-refractivity contribution in [3.63, 3.8) is 0 Å². The standard InChI is InChI=1S/C26H31N3O6S/c1-16(15-33-3)34-21-9-18(23-6-7-24(29-23)25-11-19(13-27-25)17(2)30)10-22(12-21)35-20-5-8-26(28-14-20)36(4,31)32/h5-12,14,16-17,19,27,29-30H,13,15H2,1-4H3/t16-,17-,19-/m0/s1. The third kappa shape index (κ3) is 6.26. The van der Waals surface area contributed by atoms with Crippen molar-refractivity contribution >= 4 is 15.5 Å². The zero-order chi connectivity index (χ0) is 25.9. The minimum absolute atomic E-state index is 0.0208. The van der Waals surface area contributed by atoms with Crippen molar-refractivity contribution in [2.24, 2.45) is 5.92 Å². The summed E-state index contributed by atoms with van der Waals surface area (Å²) < 4.78 is 40.6. The molecule has 1 aromatic carbocycles. The van der Waals surface area contributed by atoms with Crippen LogP contribution < -0.4 is 14.8 Å². The Labute approximate surface area is 211 Å². The van der Waals surface area contributed by atoms with Gasteiger partial charge < -0.3 is 29.6 Å². The Morgan fingerprint density at radius 2 is 1.83 bits per heavy atom. The smallest absolute Gasteiger partial charge is 0.192 e. The number of hydrogen-bond acceptors (Lipinski definition) is 8. The lowest BCUT2D eigenvalue weighted by Crippen LogP contribution is -2.20. The van der Waals surface area contributed by atoms with Crippen molar-refractivity contribution in [1.29, 1.82) is 0 Å². The predicted octanol–water partition coefficient (Wildman–Crippen LogP) is 3.63. The second-order valence-electron chi connectivity index (χ2n) is 8.93. The van der Waals surface area contributed by atoms with Crippen LogP contribution in [-0.4, -0.2) is 62.2 Å². The molecule has 0 fully saturated rings. The number of nitrogens with zero attached hydrogens (tertiary/aromatic N) is 1. The minimum atomic E-state index is -3.40. The normalized spacial score (nSPS) is 17.2. The van der Waals surface area contributed by atoms with Crippen molar-refractivity contribution in [2.45, 2.75) is 31.1 Å². The second-order valence-corrected chi connectivity index (χ2v) is 10.9. The summed E-state index contributed by atoms with van der Waals surface area (Å²) in [5.74, 6) is 1.56. The number of methoxy groups -OCH3 is 1.